The summed E-state index contributed by atoms with van der Waals surface area (Å²) < 4.78 is 0. The molecule has 3 heteroatoms. The van der Waals surface area contributed by atoms with Crippen LogP contribution in [0.1, 0.15) is 17.2 Å². The Morgan fingerprint density at radius 1 is 0.810 bits per heavy atom. The Morgan fingerprint density at radius 3 is 2.43 bits per heavy atom. The molecule has 3 N–H and O–H groups in total. The number of hydrogen-bond acceptors (Lipinski definition) is 3. The molecule has 0 radical (unpaired) electrons. The van der Waals surface area contributed by atoms with E-state index in [2.05, 4.69) is 18.2 Å². The van der Waals surface area contributed by atoms with Crippen LogP contribution in [-0.2, 0) is 6.42 Å². The molecule has 0 heterocycles. The smallest absolute Gasteiger partial charge is 0.110 e. The number of fused-ring (bicyclic) bond motifs is 4. The van der Waals surface area contributed by atoms with Crippen LogP contribution in [0.5, 0.6) is 0 Å². The van der Waals surface area contributed by atoms with E-state index < -0.39 is 18.3 Å². The lowest BCUT2D eigenvalue weighted by Crippen LogP contribution is -2.38. The van der Waals surface area contributed by atoms with Crippen LogP contribution in [0, 0.1) is 0 Å². The van der Waals surface area contributed by atoms with E-state index in [0.29, 0.717) is 6.42 Å². The molecule has 0 spiro atoms. The Bertz CT molecular complexity index is 840. The van der Waals surface area contributed by atoms with E-state index in [4.69, 9.17) is 0 Å². The van der Waals surface area contributed by atoms with Crippen LogP contribution in [0.4, 0.5) is 0 Å². The molecule has 3 atom stereocenters. The third-order valence-electron chi connectivity index (χ3n) is 4.47. The molecule has 0 amide bonds. The molecular formula is C18H16O3. The van der Waals surface area contributed by atoms with Gasteiger partial charge in [-0.05, 0) is 38.7 Å². The zero-order valence-electron chi connectivity index (χ0n) is 11.4. The van der Waals surface area contributed by atoms with Gasteiger partial charge in [-0.3, -0.25) is 0 Å². The summed E-state index contributed by atoms with van der Waals surface area (Å²) in [6, 6.07) is 16.2. The first kappa shape index (κ1) is 12.8. The number of aliphatic hydroxyl groups is 3. The van der Waals surface area contributed by atoms with Gasteiger partial charge in [-0.25, -0.2) is 0 Å². The average Bonchev–Trinajstić information content (AvgIpc) is 2.51. The molecule has 1 aliphatic rings. The van der Waals surface area contributed by atoms with E-state index in [-0.39, 0.29) is 0 Å². The lowest BCUT2D eigenvalue weighted by molar-refractivity contribution is -0.0684. The number of rotatable bonds is 0. The highest BCUT2D eigenvalue weighted by Crippen LogP contribution is 2.35. The minimum atomic E-state index is -1.12. The largest absolute Gasteiger partial charge is 0.390 e. The van der Waals surface area contributed by atoms with Crippen molar-refractivity contribution in [2.45, 2.75) is 24.7 Å². The maximum absolute atomic E-state index is 10.2. The van der Waals surface area contributed by atoms with Gasteiger partial charge in [0, 0.05) is 6.42 Å². The standard InChI is InChI=1S/C18H16O3/c19-16-9-12-8-14-11(7-15(12)17(20)18(16)21)6-5-10-3-1-2-4-13(10)14/h1-8,16-21H,9H2/t16-,17-,18-/m0/s1. The fourth-order valence-corrected chi connectivity index (χ4v) is 3.31. The molecule has 0 saturated carbocycles. The van der Waals surface area contributed by atoms with Gasteiger partial charge in [-0.2, -0.15) is 0 Å². The van der Waals surface area contributed by atoms with Crippen LogP contribution in [0.3, 0.4) is 0 Å². The van der Waals surface area contributed by atoms with Crippen molar-refractivity contribution in [3.63, 3.8) is 0 Å². The van der Waals surface area contributed by atoms with Crippen molar-refractivity contribution in [1.29, 1.82) is 0 Å². The van der Waals surface area contributed by atoms with E-state index in [1.807, 2.05) is 30.3 Å². The summed E-state index contributed by atoms with van der Waals surface area (Å²) in [5.74, 6) is 0. The maximum Gasteiger partial charge on any atom is 0.110 e. The van der Waals surface area contributed by atoms with Crippen molar-refractivity contribution in [3.8, 4) is 0 Å². The van der Waals surface area contributed by atoms with E-state index in [1.54, 1.807) is 0 Å². The van der Waals surface area contributed by atoms with Crippen molar-refractivity contribution < 1.29 is 15.3 Å². The Kier molecular flexibility index (Phi) is 2.76. The Balaban J connectivity index is 2.03. The van der Waals surface area contributed by atoms with E-state index >= 15 is 0 Å². The van der Waals surface area contributed by atoms with Crippen LogP contribution >= 0.6 is 0 Å². The van der Waals surface area contributed by atoms with Crippen LogP contribution in [0.15, 0.2) is 48.5 Å². The molecule has 0 unspecified atom stereocenters. The minimum absolute atomic E-state index is 0.368. The zero-order valence-corrected chi connectivity index (χ0v) is 11.4. The second-order valence-electron chi connectivity index (χ2n) is 5.77. The lowest BCUT2D eigenvalue weighted by atomic mass is 9.83. The van der Waals surface area contributed by atoms with Gasteiger partial charge in [0.05, 0.1) is 6.10 Å². The summed E-state index contributed by atoms with van der Waals surface area (Å²) >= 11 is 0. The summed E-state index contributed by atoms with van der Waals surface area (Å²) in [4.78, 5) is 0. The van der Waals surface area contributed by atoms with Crippen molar-refractivity contribution in [1.82, 2.24) is 0 Å². The van der Waals surface area contributed by atoms with Crippen molar-refractivity contribution in [2.75, 3.05) is 0 Å². The van der Waals surface area contributed by atoms with Gasteiger partial charge in [0.25, 0.3) is 0 Å². The van der Waals surface area contributed by atoms with Gasteiger partial charge in [0.1, 0.15) is 12.2 Å². The van der Waals surface area contributed by atoms with E-state index in [9.17, 15) is 15.3 Å². The zero-order chi connectivity index (χ0) is 14.6. The third kappa shape index (κ3) is 1.86. The van der Waals surface area contributed by atoms with Crippen molar-refractivity contribution in [3.05, 3.63) is 59.7 Å². The molecular weight excluding hydrogens is 264 g/mol. The molecule has 0 saturated heterocycles. The average molecular weight is 280 g/mol. The van der Waals surface area contributed by atoms with Gasteiger partial charge >= 0.3 is 0 Å². The van der Waals surface area contributed by atoms with E-state index in [0.717, 1.165) is 27.3 Å². The monoisotopic (exact) mass is 280 g/mol. The number of benzene rings is 3. The predicted molar refractivity (Wildman–Crippen MR) is 82.1 cm³/mol. The highest BCUT2D eigenvalue weighted by atomic mass is 16.4. The van der Waals surface area contributed by atoms with Gasteiger partial charge < -0.3 is 15.3 Å². The van der Waals surface area contributed by atoms with Crippen LogP contribution in [0.2, 0.25) is 0 Å². The van der Waals surface area contributed by atoms with Crippen LogP contribution in [0.25, 0.3) is 21.5 Å². The molecule has 4 rings (SSSR count). The molecule has 21 heavy (non-hydrogen) atoms. The molecule has 0 aliphatic heterocycles. The summed E-state index contributed by atoms with van der Waals surface area (Å²) in [6.07, 6.45) is -2.69. The number of hydrogen-bond donors (Lipinski definition) is 3. The van der Waals surface area contributed by atoms with Crippen LogP contribution < -0.4 is 0 Å². The maximum atomic E-state index is 10.2. The lowest BCUT2D eigenvalue weighted by Gasteiger charge is -2.31. The Morgan fingerprint density at radius 2 is 1.57 bits per heavy atom. The Labute approximate surface area is 122 Å². The summed E-state index contributed by atoms with van der Waals surface area (Å²) in [5, 5.41) is 34.3. The van der Waals surface area contributed by atoms with Gasteiger partial charge in [-0.15, -0.1) is 0 Å². The fraction of sp³-hybridized carbons (Fsp3) is 0.222. The molecule has 0 fully saturated rings. The predicted octanol–water partition coefficient (Wildman–Crippen LogP) is 2.30. The van der Waals surface area contributed by atoms with Crippen molar-refractivity contribution >= 4 is 21.5 Å². The van der Waals surface area contributed by atoms with Gasteiger partial charge in [0.15, 0.2) is 0 Å². The van der Waals surface area contributed by atoms with Crippen LogP contribution in [-0.4, -0.2) is 27.5 Å². The minimum Gasteiger partial charge on any atom is -0.390 e. The molecule has 3 aromatic carbocycles. The quantitative estimate of drug-likeness (QED) is 0.554. The highest BCUT2D eigenvalue weighted by molar-refractivity contribution is 6.07. The molecule has 1 aliphatic carbocycles. The second-order valence-corrected chi connectivity index (χ2v) is 5.77. The first-order valence-electron chi connectivity index (χ1n) is 7.13. The first-order valence-corrected chi connectivity index (χ1v) is 7.13. The fourth-order valence-electron chi connectivity index (χ4n) is 3.31. The topological polar surface area (TPSA) is 60.7 Å². The normalized spacial score (nSPS) is 25.2. The Hall–Kier alpha value is -1.94. The first-order chi connectivity index (χ1) is 10.1. The molecule has 3 nitrogen and oxygen atoms in total. The second kappa shape index (κ2) is 4.53. The SMILES string of the molecule is O[C@H]1[C@@H](O)Cc2cc3c(ccc4ccccc43)cc2[C@@H]1O. The molecule has 0 bridgehead atoms. The molecule has 106 valence electrons. The van der Waals surface area contributed by atoms with Gasteiger partial charge in [-0.1, -0.05) is 42.5 Å². The van der Waals surface area contributed by atoms with Crippen molar-refractivity contribution in [2.24, 2.45) is 0 Å². The summed E-state index contributed by atoms with van der Waals surface area (Å²) in [5.41, 5.74) is 1.62. The summed E-state index contributed by atoms with van der Waals surface area (Å²) in [6.45, 7) is 0. The van der Waals surface area contributed by atoms with Gasteiger partial charge in [0.2, 0.25) is 0 Å². The molecule has 0 aromatic heterocycles. The van der Waals surface area contributed by atoms with E-state index in [1.165, 1.54) is 5.39 Å². The molecule has 3 aromatic rings. The summed E-state index contributed by atoms with van der Waals surface area (Å²) in [7, 11) is 0. The third-order valence-corrected chi connectivity index (χ3v) is 4.47. The highest BCUT2D eigenvalue weighted by Gasteiger charge is 2.33. The number of aliphatic hydroxyl groups excluding tert-OH is 3.